The first-order valence-electron chi connectivity index (χ1n) is 9.21. The van der Waals surface area contributed by atoms with E-state index in [2.05, 4.69) is 15.4 Å². The monoisotopic (exact) mass is 374 g/mol. The van der Waals surface area contributed by atoms with Crippen molar-refractivity contribution in [3.05, 3.63) is 41.7 Å². The van der Waals surface area contributed by atoms with E-state index in [-0.39, 0.29) is 23.5 Å². The molecular weight excluding hydrogens is 348 g/mol. The predicted molar refractivity (Wildman–Crippen MR) is 97.9 cm³/mol. The van der Waals surface area contributed by atoms with Crippen LogP contribution in [0.3, 0.4) is 0 Å². The predicted octanol–water partition coefficient (Wildman–Crippen LogP) is 1.67. The highest BCUT2D eigenvalue weighted by Crippen LogP contribution is 2.13. The molecular formula is C19H26N4O4. The zero-order chi connectivity index (χ0) is 19.4. The average molecular weight is 374 g/mol. The van der Waals surface area contributed by atoms with E-state index in [9.17, 15) is 9.59 Å². The fourth-order valence-electron chi connectivity index (χ4n) is 3.17. The number of aryl methyl sites for hydroxylation is 1. The number of nitrogens with one attached hydrogen (secondary N) is 1. The van der Waals surface area contributed by atoms with E-state index in [1.807, 2.05) is 31.7 Å². The van der Waals surface area contributed by atoms with Crippen LogP contribution in [0.1, 0.15) is 35.9 Å². The number of rotatable bonds is 6. The lowest BCUT2D eigenvalue weighted by atomic mass is 10.0. The van der Waals surface area contributed by atoms with Gasteiger partial charge in [0.1, 0.15) is 6.04 Å². The Bertz CT molecular complexity index is 761. The van der Waals surface area contributed by atoms with Crippen molar-refractivity contribution in [3.8, 4) is 0 Å². The van der Waals surface area contributed by atoms with Gasteiger partial charge >= 0.3 is 0 Å². The van der Waals surface area contributed by atoms with E-state index < -0.39 is 6.04 Å². The number of piperazine rings is 1. The Hall–Kier alpha value is -2.61. The molecule has 0 radical (unpaired) electrons. The minimum Gasteiger partial charge on any atom is -0.459 e. The van der Waals surface area contributed by atoms with E-state index in [0.29, 0.717) is 19.6 Å². The summed E-state index contributed by atoms with van der Waals surface area (Å²) >= 11 is 0. The number of amides is 2. The molecule has 1 atom stereocenters. The maximum absolute atomic E-state index is 12.9. The molecule has 1 unspecified atom stereocenters. The third kappa shape index (κ3) is 4.77. The molecule has 1 aliphatic rings. The first-order valence-corrected chi connectivity index (χ1v) is 9.21. The smallest absolute Gasteiger partial charge is 0.287 e. The van der Waals surface area contributed by atoms with E-state index in [4.69, 9.17) is 8.94 Å². The third-order valence-corrected chi connectivity index (χ3v) is 4.70. The van der Waals surface area contributed by atoms with Crippen LogP contribution < -0.4 is 5.32 Å². The number of carbonyl (C=O) groups is 2. The van der Waals surface area contributed by atoms with Gasteiger partial charge in [-0.15, -0.1) is 0 Å². The molecule has 3 heterocycles. The minimum atomic E-state index is -0.578. The molecule has 0 saturated carbocycles. The van der Waals surface area contributed by atoms with Gasteiger partial charge in [-0.1, -0.05) is 19.0 Å². The van der Waals surface area contributed by atoms with Gasteiger partial charge in [0.2, 0.25) is 5.91 Å². The zero-order valence-electron chi connectivity index (χ0n) is 16.0. The number of carbonyl (C=O) groups excluding carboxylic acids is 2. The summed E-state index contributed by atoms with van der Waals surface area (Å²) in [6.07, 6.45) is 1.44. The second-order valence-electron chi connectivity index (χ2n) is 7.21. The number of hydrogen-bond donors (Lipinski definition) is 1. The number of hydrogen-bond acceptors (Lipinski definition) is 6. The van der Waals surface area contributed by atoms with Crippen LogP contribution in [-0.4, -0.2) is 59.0 Å². The molecule has 2 amide bonds. The van der Waals surface area contributed by atoms with Gasteiger partial charge in [0, 0.05) is 32.2 Å². The summed E-state index contributed by atoms with van der Waals surface area (Å²) in [4.78, 5) is 29.3. The second kappa shape index (κ2) is 8.39. The van der Waals surface area contributed by atoms with Crippen LogP contribution in [0.4, 0.5) is 0 Å². The Morgan fingerprint density at radius 2 is 2.00 bits per heavy atom. The lowest BCUT2D eigenvalue weighted by molar-refractivity contribution is -0.136. The summed E-state index contributed by atoms with van der Waals surface area (Å²) in [6, 6.07) is 4.58. The van der Waals surface area contributed by atoms with Gasteiger partial charge in [0.25, 0.3) is 5.91 Å². The molecule has 1 fully saturated rings. The van der Waals surface area contributed by atoms with Crippen molar-refractivity contribution in [2.75, 3.05) is 26.2 Å². The highest BCUT2D eigenvalue weighted by molar-refractivity contribution is 5.95. The molecule has 0 bridgehead atoms. The van der Waals surface area contributed by atoms with Gasteiger partial charge in [-0.05, 0) is 25.0 Å². The lowest BCUT2D eigenvalue weighted by Gasteiger charge is -2.36. The summed E-state index contributed by atoms with van der Waals surface area (Å²) in [5.41, 5.74) is 0.867. The summed E-state index contributed by atoms with van der Waals surface area (Å²) in [6.45, 7) is 9.17. The van der Waals surface area contributed by atoms with E-state index in [1.165, 1.54) is 6.26 Å². The zero-order valence-corrected chi connectivity index (χ0v) is 16.0. The molecule has 1 saturated heterocycles. The van der Waals surface area contributed by atoms with Crippen molar-refractivity contribution in [2.24, 2.45) is 5.92 Å². The highest BCUT2D eigenvalue weighted by Gasteiger charge is 2.31. The van der Waals surface area contributed by atoms with Crippen molar-refractivity contribution in [1.82, 2.24) is 20.3 Å². The summed E-state index contributed by atoms with van der Waals surface area (Å²) in [5, 5.41) is 6.71. The van der Waals surface area contributed by atoms with Crippen LogP contribution in [0.5, 0.6) is 0 Å². The lowest BCUT2D eigenvalue weighted by Crippen LogP contribution is -2.56. The molecule has 1 N–H and O–H groups in total. The minimum absolute atomic E-state index is 0.0217. The molecule has 3 rings (SSSR count). The van der Waals surface area contributed by atoms with E-state index in [1.54, 1.807) is 12.1 Å². The van der Waals surface area contributed by atoms with Crippen molar-refractivity contribution < 1.29 is 18.5 Å². The summed E-state index contributed by atoms with van der Waals surface area (Å²) < 4.78 is 10.4. The highest BCUT2D eigenvalue weighted by atomic mass is 16.5. The topological polar surface area (TPSA) is 91.8 Å². The van der Waals surface area contributed by atoms with Crippen molar-refractivity contribution in [1.29, 1.82) is 0 Å². The van der Waals surface area contributed by atoms with E-state index >= 15 is 0 Å². The first-order chi connectivity index (χ1) is 12.9. The van der Waals surface area contributed by atoms with Crippen LogP contribution in [-0.2, 0) is 11.3 Å². The van der Waals surface area contributed by atoms with Crippen molar-refractivity contribution in [2.45, 2.75) is 33.4 Å². The molecule has 0 aliphatic carbocycles. The van der Waals surface area contributed by atoms with Gasteiger partial charge in [0.15, 0.2) is 11.5 Å². The summed E-state index contributed by atoms with van der Waals surface area (Å²) in [7, 11) is 0. The largest absolute Gasteiger partial charge is 0.459 e. The van der Waals surface area contributed by atoms with Gasteiger partial charge < -0.3 is 19.2 Å². The standard InChI is InChI=1S/C19H26N4O4/c1-13(2)17(20-18(24)16-5-4-10-26-16)19(25)23-8-6-22(7-9-23)12-15-11-14(3)21-27-15/h4-5,10-11,13,17H,6-9,12H2,1-3H3,(H,20,24). The van der Waals surface area contributed by atoms with Gasteiger partial charge in [0.05, 0.1) is 18.5 Å². The van der Waals surface area contributed by atoms with Crippen LogP contribution in [0.15, 0.2) is 33.4 Å². The normalized spacial score (nSPS) is 16.5. The molecule has 2 aromatic heterocycles. The number of nitrogens with zero attached hydrogens (tertiary/aromatic N) is 3. The van der Waals surface area contributed by atoms with Crippen LogP contribution >= 0.6 is 0 Å². The Morgan fingerprint density at radius 1 is 1.26 bits per heavy atom. The Kier molecular flexibility index (Phi) is 5.95. The average Bonchev–Trinajstić information content (AvgIpc) is 3.31. The Morgan fingerprint density at radius 3 is 2.56 bits per heavy atom. The van der Waals surface area contributed by atoms with Gasteiger partial charge in [-0.2, -0.15) is 0 Å². The Labute approximate surface area is 158 Å². The number of aromatic nitrogens is 1. The molecule has 2 aromatic rings. The number of furan rings is 1. The molecule has 146 valence electrons. The Balaban J connectivity index is 1.55. The third-order valence-electron chi connectivity index (χ3n) is 4.70. The quantitative estimate of drug-likeness (QED) is 0.827. The second-order valence-corrected chi connectivity index (χ2v) is 7.21. The maximum atomic E-state index is 12.9. The van der Waals surface area contributed by atoms with Gasteiger partial charge in [-0.3, -0.25) is 14.5 Å². The first kappa shape index (κ1) is 19.2. The van der Waals surface area contributed by atoms with Crippen LogP contribution in [0.2, 0.25) is 0 Å². The molecule has 8 heteroatoms. The molecule has 27 heavy (non-hydrogen) atoms. The van der Waals surface area contributed by atoms with E-state index in [0.717, 1.165) is 24.5 Å². The van der Waals surface area contributed by atoms with Gasteiger partial charge in [-0.25, -0.2) is 0 Å². The maximum Gasteiger partial charge on any atom is 0.287 e. The van der Waals surface area contributed by atoms with Crippen LogP contribution in [0, 0.1) is 12.8 Å². The molecule has 8 nitrogen and oxygen atoms in total. The fraction of sp³-hybridized carbons (Fsp3) is 0.526. The molecule has 0 spiro atoms. The fourth-order valence-corrected chi connectivity index (χ4v) is 3.17. The molecule has 1 aliphatic heterocycles. The molecule has 0 aromatic carbocycles. The SMILES string of the molecule is Cc1cc(CN2CCN(C(=O)C(NC(=O)c3ccco3)C(C)C)CC2)on1. The van der Waals surface area contributed by atoms with Crippen molar-refractivity contribution >= 4 is 11.8 Å². The van der Waals surface area contributed by atoms with Crippen LogP contribution in [0.25, 0.3) is 0 Å². The summed E-state index contributed by atoms with van der Waals surface area (Å²) in [5.74, 6) is 0.594. The van der Waals surface area contributed by atoms with Crippen molar-refractivity contribution in [3.63, 3.8) is 0 Å².